The van der Waals surface area contributed by atoms with E-state index in [9.17, 15) is 4.79 Å². The zero-order valence-corrected chi connectivity index (χ0v) is 17.0. The Bertz CT molecular complexity index is 1200. The number of pyridine rings is 2. The van der Waals surface area contributed by atoms with E-state index < -0.39 is 0 Å². The highest BCUT2D eigenvalue weighted by Gasteiger charge is 2.27. The van der Waals surface area contributed by atoms with Crippen molar-refractivity contribution in [3.05, 3.63) is 73.2 Å². The Hall–Kier alpha value is -3.87. The molecule has 0 spiro atoms. The van der Waals surface area contributed by atoms with Crippen molar-refractivity contribution in [3.63, 3.8) is 0 Å². The fourth-order valence-electron chi connectivity index (χ4n) is 3.95. The second-order valence-corrected chi connectivity index (χ2v) is 7.70. The molecule has 7 nitrogen and oxygen atoms in total. The van der Waals surface area contributed by atoms with Crippen molar-refractivity contribution in [1.82, 2.24) is 20.2 Å². The molecule has 1 aliphatic heterocycles. The fraction of sp³-hybridized carbons (Fsp3) is 0.208. The van der Waals surface area contributed by atoms with E-state index in [1.807, 2.05) is 54.6 Å². The summed E-state index contributed by atoms with van der Waals surface area (Å²) in [7, 11) is 0. The minimum Gasteiger partial charge on any atom is -0.354 e. The molecule has 1 atom stereocenters. The maximum atomic E-state index is 12.9. The summed E-state index contributed by atoms with van der Waals surface area (Å²) >= 11 is 0. The molecule has 0 bridgehead atoms. The summed E-state index contributed by atoms with van der Waals surface area (Å²) < 4.78 is 0. The number of anilines is 2. The van der Waals surface area contributed by atoms with Crippen LogP contribution in [0.1, 0.15) is 12.8 Å². The molecule has 0 saturated carbocycles. The lowest BCUT2D eigenvalue weighted by atomic mass is 9.97. The molecule has 31 heavy (non-hydrogen) atoms. The predicted molar refractivity (Wildman–Crippen MR) is 121 cm³/mol. The van der Waals surface area contributed by atoms with Crippen molar-refractivity contribution in [2.75, 3.05) is 23.3 Å². The van der Waals surface area contributed by atoms with Gasteiger partial charge in [0.05, 0.1) is 29.0 Å². The predicted octanol–water partition coefficient (Wildman–Crippen LogP) is 3.94. The Morgan fingerprint density at radius 3 is 2.74 bits per heavy atom. The first-order valence-corrected chi connectivity index (χ1v) is 10.4. The first kappa shape index (κ1) is 19.1. The van der Waals surface area contributed by atoms with Gasteiger partial charge in [0.2, 0.25) is 5.91 Å². The van der Waals surface area contributed by atoms with E-state index in [-0.39, 0.29) is 11.8 Å². The third kappa shape index (κ3) is 4.21. The summed E-state index contributed by atoms with van der Waals surface area (Å²) in [5.41, 5.74) is 3.43. The van der Waals surface area contributed by atoms with Crippen LogP contribution in [0.4, 0.5) is 11.5 Å². The van der Waals surface area contributed by atoms with E-state index in [2.05, 4.69) is 30.4 Å². The molecule has 1 unspecified atom stereocenters. The third-order valence-corrected chi connectivity index (χ3v) is 5.60. The van der Waals surface area contributed by atoms with Crippen LogP contribution >= 0.6 is 0 Å². The quantitative estimate of drug-likeness (QED) is 0.549. The maximum Gasteiger partial charge on any atom is 0.229 e. The van der Waals surface area contributed by atoms with Gasteiger partial charge in [-0.3, -0.25) is 14.8 Å². The van der Waals surface area contributed by atoms with Gasteiger partial charge in [-0.15, -0.1) is 10.2 Å². The normalized spacial score (nSPS) is 16.3. The zero-order chi connectivity index (χ0) is 21.0. The van der Waals surface area contributed by atoms with E-state index in [0.717, 1.165) is 53.1 Å². The molecule has 1 fully saturated rings. The van der Waals surface area contributed by atoms with E-state index in [0.29, 0.717) is 6.54 Å². The number of fused-ring (bicyclic) bond motifs is 1. The summed E-state index contributed by atoms with van der Waals surface area (Å²) in [5, 5.41) is 12.8. The summed E-state index contributed by atoms with van der Waals surface area (Å²) in [5.74, 6) is 0.702. The number of para-hydroxylation sites is 1. The summed E-state index contributed by atoms with van der Waals surface area (Å²) in [6, 6.07) is 17.6. The van der Waals surface area contributed by atoms with Gasteiger partial charge in [-0.25, -0.2) is 0 Å². The molecule has 0 aliphatic carbocycles. The SMILES string of the molecule is O=C(Nc1cnc2ccccc2c1)C1CCCN(c2ccc(-c3ccncc3)nn2)C1. The van der Waals surface area contributed by atoms with E-state index in [4.69, 9.17) is 0 Å². The van der Waals surface area contributed by atoms with Gasteiger partial charge < -0.3 is 10.2 Å². The number of carbonyl (C=O) groups is 1. The van der Waals surface area contributed by atoms with Gasteiger partial charge in [0.25, 0.3) is 0 Å². The molecule has 0 radical (unpaired) electrons. The minimum absolute atomic E-state index is 0.0168. The number of hydrogen-bond acceptors (Lipinski definition) is 6. The Kier molecular flexibility index (Phi) is 5.22. The van der Waals surface area contributed by atoms with Crippen molar-refractivity contribution < 1.29 is 4.79 Å². The Balaban J connectivity index is 1.26. The first-order chi connectivity index (χ1) is 15.3. The Labute approximate surface area is 180 Å². The molecule has 4 heterocycles. The van der Waals surface area contributed by atoms with Crippen LogP contribution in [0.2, 0.25) is 0 Å². The molecule has 1 amide bonds. The minimum atomic E-state index is -0.109. The number of nitrogens with zero attached hydrogens (tertiary/aromatic N) is 5. The lowest BCUT2D eigenvalue weighted by molar-refractivity contribution is -0.120. The van der Waals surface area contributed by atoms with Crippen molar-refractivity contribution in [2.45, 2.75) is 12.8 Å². The topological polar surface area (TPSA) is 83.9 Å². The number of amides is 1. The van der Waals surface area contributed by atoms with Crippen molar-refractivity contribution in [1.29, 1.82) is 0 Å². The van der Waals surface area contributed by atoms with E-state index in [1.165, 1.54) is 0 Å². The van der Waals surface area contributed by atoms with Crippen molar-refractivity contribution in [2.24, 2.45) is 5.92 Å². The van der Waals surface area contributed by atoms with Crippen LogP contribution in [-0.4, -0.2) is 39.2 Å². The molecule has 5 rings (SSSR count). The summed E-state index contributed by atoms with van der Waals surface area (Å²) in [6.45, 7) is 1.49. The van der Waals surface area contributed by atoms with Crippen LogP contribution in [0, 0.1) is 5.92 Å². The highest BCUT2D eigenvalue weighted by Crippen LogP contribution is 2.24. The number of hydrogen-bond donors (Lipinski definition) is 1. The molecular weight excluding hydrogens is 388 g/mol. The van der Waals surface area contributed by atoms with Gasteiger partial charge >= 0.3 is 0 Å². The molecule has 1 aromatic carbocycles. The molecule has 1 saturated heterocycles. The third-order valence-electron chi connectivity index (χ3n) is 5.60. The van der Waals surface area contributed by atoms with Gasteiger partial charge in [-0.1, -0.05) is 18.2 Å². The van der Waals surface area contributed by atoms with E-state index >= 15 is 0 Å². The second kappa shape index (κ2) is 8.47. The van der Waals surface area contributed by atoms with Crippen LogP contribution < -0.4 is 10.2 Å². The maximum absolute atomic E-state index is 12.9. The van der Waals surface area contributed by atoms with Gasteiger partial charge in [0, 0.05) is 36.4 Å². The highest BCUT2D eigenvalue weighted by molar-refractivity contribution is 5.94. The number of benzene rings is 1. The largest absolute Gasteiger partial charge is 0.354 e. The van der Waals surface area contributed by atoms with Crippen LogP contribution in [0.5, 0.6) is 0 Å². The average Bonchev–Trinajstić information content (AvgIpc) is 2.85. The van der Waals surface area contributed by atoms with E-state index in [1.54, 1.807) is 18.6 Å². The summed E-state index contributed by atoms with van der Waals surface area (Å²) in [4.78, 5) is 23.5. The van der Waals surface area contributed by atoms with Crippen LogP contribution in [-0.2, 0) is 4.79 Å². The summed E-state index contributed by atoms with van der Waals surface area (Å²) in [6.07, 6.45) is 6.98. The first-order valence-electron chi connectivity index (χ1n) is 10.4. The standard InChI is InChI=1S/C24H22N6O/c31-24(27-20-14-18-4-1-2-6-21(18)26-15-20)19-5-3-13-30(16-19)23-8-7-22(28-29-23)17-9-11-25-12-10-17/h1-2,4,6-12,14-15,19H,3,5,13,16H2,(H,27,31). The van der Waals surface area contributed by atoms with Crippen molar-refractivity contribution in [3.8, 4) is 11.3 Å². The van der Waals surface area contributed by atoms with Gasteiger partial charge in [0.15, 0.2) is 5.82 Å². The molecule has 7 heteroatoms. The number of rotatable bonds is 4. The zero-order valence-electron chi connectivity index (χ0n) is 17.0. The number of carbonyl (C=O) groups excluding carboxylic acids is 1. The molecule has 4 aromatic rings. The Morgan fingerprint density at radius 1 is 1.03 bits per heavy atom. The van der Waals surface area contributed by atoms with Gasteiger partial charge in [-0.2, -0.15) is 0 Å². The highest BCUT2D eigenvalue weighted by atomic mass is 16.1. The van der Waals surface area contributed by atoms with Gasteiger partial charge in [0.1, 0.15) is 0 Å². The molecule has 154 valence electrons. The lowest BCUT2D eigenvalue weighted by Gasteiger charge is -2.32. The molecule has 1 N–H and O–H groups in total. The second-order valence-electron chi connectivity index (χ2n) is 7.70. The smallest absolute Gasteiger partial charge is 0.229 e. The molecular formula is C24H22N6O. The number of piperidine rings is 1. The average molecular weight is 410 g/mol. The number of nitrogens with one attached hydrogen (secondary N) is 1. The monoisotopic (exact) mass is 410 g/mol. The van der Waals surface area contributed by atoms with Crippen LogP contribution in [0.3, 0.4) is 0 Å². The lowest BCUT2D eigenvalue weighted by Crippen LogP contribution is -2.41. The molecule has 1 aliphatic rings. The fourth-order valence-corrected chi connectivity index (χ4v) is 3.95. The van der Waals surface area contributed by atoms with Crippen LogP contribution in [0.15, 0.2) is 73.2 Å². The number of aromatic nitrogens is 4. The van der Waals surface area contributed by atoms with Gasteiger partial charge in [-0.05, 0) is 49.2 Å². The van der Waals surface area contributed by atoms with Crippen molar-refractivity contribution >= 4 is 28.3 Å². The Morgan fingerprint density at radius 2 is 1.90 bits per heavy atom. The van der Waals surface area contributed by atoms with Crippen LogP contribution in [0.25, 0.3) is 22.2 Å². The molecule has 3 aromatic heterocycles.